The van der Waals surface area contributed by atoms with Gasteiger partial charge in [-0.15, -0.1) is 11.8 Å². The second kappa shape index (κ2) is 6.16. The van der Waals surface area contributed by atoms with Crippen LogP contribution in [0.1, 0.15) is 12.0 Å². The van der Waals surface area contributed by atoms with Gasteiger partial charge in [-0.05, 0) is 30.7 Å². The Bertz CT molecular complexity index is 616. The van der Waals surface area contributed by atoms with E-state index in [9.17, 15) is 13.2 Å². The summed E-state index contributed by atoms with van der Waals surface area (Å²) < 4.78 is 37.5. The molecule has 0 radical (unpaired) electrons. The zero-order chi connectivity index (χ0) is 15.6. The summed E-state index contributed by atoms with van der Waals surface area (Å²) in [6, 6.07) is 6.46. The lowest BCUT2D eigenvalue weighted by atomic mass is 10.3. The van der Waals surface area contributed by atoms with Crippen molar-refractivity contribution in [1.82, 2.24) is 9.97 Å². The molecule has 2 aromatic rings. The van der Waals surface area contributed by atoms with Crippen molar-refractivity contribution in [3.63, 3.8) is 0 Å². The Kier molecular flexibility index (Phi) is 4.24. The summed E-state index contributed by atoms with van der Waals surface area (Å²) in [5.41, 5.74) is 0.417. The third-order valence-corrected chi connectivity index (χ3v) is 4.73. The Morgan fingerprint density at radius 2 is 1.91 bits per heavy atom. The smallest absolute Gasteiger partial charge is 0.370 e. The Balaban J connectivity index is 1.61. The fraction of sp³-hybridized carbons (Fsp3) is 0.333. The molecule has 0 unspecified atom stereocenters. The summed E-state index contributed by atoms with van der Waals surface area (Å²) in [6.07, 6.45) is 1.07. The molecule has 0 saturated carbocycles. The van der Waals surface area contributed by atoms with Gasteiger partial charge in [0.15, 0.2) is 0 Å². The first-order valence-corrected chi connectivity index (χ1v) is 7.75. The van der Waals surface area contributed by atoms with Crippen LogP contribution in [0.5, 0.6) is 0 Å². The molecule has 0 aromatic carbocycles. The van der Waals surface area contributed by atoms with Gasteiger partial charge >= 0.3 is 6.18 Å². The fourth-order valence-electron chi connectivity index (χ4n) is 2.40. The lowest BCUT2D eigenvalue weighted by molar-refractivity contribution is -0.137. The van der Waals surface area contributed by atoms with Crippen molar-refractivity contribution < 1.29 is 13.2 Å². The number of aromatic nitrogens is 2. The summed E-state index contributed by atoms with van der Waals surface area (Å²) >= 11 is 1.53. The highest BCUT2D eigenvalue weighted by atomic mass is 32.2. The molecule has 22 heavy (non-hydrogen) atoms. The first kappa shape index (κ1) is 15.1. The molecule has 3 nitrogen and oxygen atoms in total. The number of rotatable bonds is 3. The van der Waals surface area contributed by atoms with Gasteiger partial charge in [0.2, 0.25) is 0 Å². The predicted octanol–water partition coefficient (Wildman–Crippen LogP) is 3.87. The summed E-state index contributed by atoms with van der Waals surface area (Å²) in [5, 5.41) is 0.965. The van der Waals surface area contributed by atoms with E-state index in [1.807, 2.05) is 12.1 Å². The number of hydrogen-bond donors (Lipinski definition) is 0. The van der Waals surface area contributed by atoms with E-state index in [0.717, 1.165) is 37.5 Å². The van der Waals surface area contributed by atoms with E-state index in [-0.39, 0.29) is 0 Å². The van der Waals surface area contributed by atoms with Crippen LogP contribution in [0.4, 0.5) is 18.9 Å². The molecule has 0 spiro atoms. The van der Waals surface area contributed by atoms with Gasteiger partial charge in [0.25, 0.3) is 0 Å². The van der Waals surface area contributed by atoms with Crippen molar-refractivity contribution in [1.29, 1.82) is 0 Å². The largest absolute Gasteiger partial charge is 0.417 e. The number of pyridine rings is 2. The molecule has 7 heteroatoms. The van der Waals surface area contributed by atoms with Gasteiger partial charge in [0.05, 0.1) is 10.6 Å². The monoisotopic (exact) mass is 325 g/mol. The first-order valence-electron chi connectivity index (χ1n) is 6.87. The van der Waals surface area contributed by atoms with E-state index in [0.29, 0.717) is 10.3 Å². The lowest BCUT2D eigenvalue weighted by Gasteiger charge is -2.18. The van der Waals surface area contributed by atoms with Gasteiger partial charge in [-0.3, -0.25) is 4.98 Å². The van der Waals surface area contributed by atoms with Crippen molar-refractivity contribution in [2.24, 2.45) is 0 Å². The zero-order valence-electron chi connectivity index (χ0n) is 11.6. The van der Waals surface area contributed by atoms with Crippen molar-refractivity contribution in [3.8, 4) is 0 Å². The number of halogens is 3. The van der Waals surface area contributed by atoms with Crippen molar-refractivity contribution >= 4 is 17.4 Å². The minimum atomic E-state index is -4.33. The van der Waals surface area contributed by atoms with Gasteiger partial charge in [0.1, 0.15) is 0 Å². The van der Waals surface area contributed by atoms with Crippen LogP contribution < -0.4 is 4.90 Å². The molecule has 1 aliphatic rings. The minimum Gasteiger partial charge on any atom is -0.370 e. The molecule has 116 valence electrons. The highest BCUT2D eigenvalue weighted by Gasteiger charge is 2.31. The molecule has 1 aliphatic heterocycles. The van der Waals surface area contributed by atoms with Crippen molar-refractivity contribution in [3.05, 3.63) is 48.4 Å². The topological polar surface area (TPSA) is 29.0 Å². The molecular weight excluding hydrogens is 311 g/mol. The second-order valence-corrected chi connectivity index (χ2v) is 6.38. The normalized spacial score (nSPS) is 18.7. The first-order chi connectivity index (χ1) is 10.5. The Morgan fingerprint density at radius 1 is 1.14 bits per heavy atom. The molecule has 3 rings (SSSR count). The number of hydrogen-bond acceptors (Lipinski definition) is 4. The molecule has 0 N–H and O–H groups in total. The molecule has 3 heterocycles. The summed E-state index contributed by atoms with van der Waals surface area (Å²) in [5.74, 6) is 0. The third-order valence-electron chi connectivity index (χ3n) is 3.52. The maximum atomic E-state index is 12.5. The standard InChI is InChI=1S/C15H14F3N3S/c16-15(17,18)11-1-2-14(20-9-11)22-13-5-8-21(10-13)12-3-6-19-7-4-12/h1-4,6-7,9,13H,5,8,10H2/t13-/m0/s1. The predicted molar refractivity (Wildman–Crippen MR) is 80.0 cm³/mol. The van der Waals surface area contributed by atoms with Crippen LogP contribution in [0.2, 0.25) is 0 Å². The van der Waals surface area contributed by atoms with Crippen LogP contribution in [0.15, 0.2) is 47.9 Å². The van der Waals surface area contributed by atoms with Crippen molar-refractivity contribution in [2.75, 3.05) is 18.0 Å². The maximum Gasteiger partial charge on any atom is 0.417 e. The third kappa shape index (κ3) is 3.52. The van der Waals surface area contributed by atoms with Crippen molar-refractivity contribution in [2.45, 2.75) is 22.9 Å². The van der Waals surface area contributed by atoms with Crippen LogP contribution in [0.3, 0.4) is 0 Å². The average molecular weight is 325 g/mol. The molecule has 0 amide bonds. The van der Waals surface area contributed by atoms with Gasteiger partial charge in [-0.2, -0.15) is 13.2 Å². The summed E-state index contributed by atoms with van der Waals surface area (Å²) in [7, 11) is 0. The molecular formula is C15H14F3N3S. The quantitative estimate of drug-likeness (QED) is 0.857. The summed E-state index contributed by atoms with van der Waals surface area (Å²) in [6.45, 7) is 1.79. The SMILES string of the molecule is FC(F)(F)c1ccc(S[C@H]2CCN(c3ccncc3)C2)nc1. The second-order valence-electron chi connectivity index (χ2n) is 5.06. The van der Waals surface area contributed by atoms with E-state index >= 15 is 0 Å². The van der Waals surface area contributed by atoms with Crippen LogP contribution >= 0.6 is 11.8 Å². The summed E-state index contributed by atoms with van der Waals surface area (Å²) in [4.78, 5) is 10.2. The fourth-order valence-corrected chi connectivity index (χ4v) is 3.48. The molecule has 0 aliphatic carbocycles. The molecule has 1 atom stereocenters. The maximum absolute atomic E-state index is 12.5. The van der Waals surface area contributed by atoms with Crippen LogP contribution in [-0.2, 0) is 6.18 Å². The van der Waals surface area contributed by atoms with Crippen LogP contribution in [-0.4, -0.2) is 28.3 Å². The Hall–Kier alpha value is -1.76. The van der Waals surface area contributed by atoms with Gasteiger partial charge < -0.3 is 4.90 Å². The van der Waals surface area contributed by atoms with E-state index in [1.54, 1.807) is 12.4 Å². The Morgan fingerprint density at radius 3 is 2.55 bits per heavy atom. The average Bonchev–Trinajstić information content (AvgIpc) is 2.96. The lowest BCUT2D eigenvalue weighted by Crippen LogP contribution is -2.20. The highest BCUT2D eigenvalue weighted by molar-refractivity contribution is 7.99. The molecule has 2 aromatic heterocycles. The van der Waals surface area contributed by atoms with E-state index in [4.69, 9.17) is 0 Å². The van der Waals surface area contributed by atoms with Gasteiger partial charge in [-0.25, -0.2) is 4.98 Å². The van der Waals surface area contributed by atoms with E-state index in [2.05, 4.69) is 14.9 Å². The van der Waals surface area contributed by atoms with Gasteiger partial charge in [-0.1, -0.05) is 0 Å². The number of nitrogens with zero attached hydrogens (tertiary/aromatic N) is 3. The Labute approximate surface area is 130 Å². The van der Waals surface area contributed by atoms with Crippen LogP contribution in [0.25, 0.3) is 0 Å². The van der Waals surface area contributed by atoms with Gasteiger partial charge in [0, 0.05) is 42.6 Å². The number of anilines is 1. The molecule has 1 saturated heterocycles. The zero-order valence-corrected chi connectivity index (χ0v) is 12.4. The van der Waals surface area contributed by atoms with Crippen LogP contribution in [0, 0.1) is 0 Å². The molecule has 0 bridgehead atoms. The molecule has 1 fully saturated rings. The van der Waals surface area contributed by atoms with E-state index in [1.165, 1.54) is 17.8 Å². The highest BCUT2D eigenvalue weighted by Crippen LogP contribution is 2.33. The number of thioether (sulfide) groups is 1. The van der Waals surface area contributed by atoms with E-state index < -0.39 is 11.7 Å². The minimum absolute atomic E-state index is 0.331. The number of alkyl halides is 3.